The second-order valence-electron chi connectivity index (χ2n) is 4.72. The van der Waals surface area contributed by atoms with Gasteiger partial charge in [0.25, 0.3) is 0 Å². The van der Waals surface area contributed by atoms with E-state index in [0.29, 0.717) is 18.8 Å². The van der Waals surface area contributed by atoms with Crippen molar-refractivity contribution in [3.8, 4) is 0 Å². The van der Waals surface area contributed by atoms with Gasteiger partial charge in [-0.05, 0) is 45.4 Å². The summed E-state index contributed by atoms with van der Waals surface area (Å²) < 4.78 is 5.83. The average Bonchev–Trinajstić information content (AvgIpc) is 3.05. The highest BCUT2D eigenvalue weighted by Gasteiger charge is 2.15. The van der Waals surface area contributed by atoms with Gasteiger partial charge in [-0.2, -0.15) is 0 Å². The molecule has 0 radical (unpaired) electrons. The zero-order valence-electron chi connectivity index (χ0n) is 12.6. The van der Waals surface area contributed by atoms with Crippen LogP contribution in [0.3, 0.4) is 0 Å². The zero-order chi connectivity index (χ0) is 15.9. The van der Waals surface area contributed by atoms with Crippen molar-refractivity contribution in [2.45, 2.75) is 33.2 Å². The van der Waals surface area contributed by atoms with Crippen molar-refractivity contribution in [2.75, 3.05) is 13.2 Å². The molecule has 2 aromatic heterocycles. The smallest absolute Gasteiger partial charge is 0.358 e. The van der Waals surface area contributed by atoms with Gasteiger partial charge in [0.2, 0.25) is 0 Å². The number of nitrogens with zero attached hydrogens (tertiary/aromatic N) is 1. The largest absolute Gasteiger partial charge is 0.461 e. The fourth-order valence-corrected chi connectivity index (χ4v) is 4.00. The Labute approximate surface area is 143 Å². The third kappa shape index (κ3) is 5.05. The van der Waals surface area contributed by atoms with E-state index in [1.807, 2.05) is 13.0 Å². The van der Waals surface area contributed by atoms with Gasteiger partial charge in [-0.1, -0.05) is 11.6 Å². The Balaban J connectivity index is 1.73. The van der Waals surface area contributed by atoms with Gasteiger partial charge in [0.1, 0.15) is 5.01 Å². The second kappa shape index (κ2) is 8.62. The molecule has 0 atom stereocenters. The maximum absolute atomic E-state index is 11.7. The SMILES string of the molecule is CCOC(=O)c1nc(CNCCCc2ccc(Cl)s2)sc1C. The Bertz CT molecular complexity index is 625. The topological polar surface area (TPSA) is 51.2 Å². The van der Waals surface area contributed by atoms with Crippen LogP contribution < -0.4 is 5.32 Å². The number of carbonyl (C=O) groups is 1. The van der Waals surface area contributed by atoms with Crippen molar-refractivity contribution in [2.24, 2.45) is 0 Å². The van der Waals surface area contributed by atoms with E-state index in [9.17, 15) is 4.79 Å². The molecule has 0 amide bonds. The van der Waals surface area contributed by atoms with Crippen molar-refractivity contribution >= 4 is 40.2 Å². The lowest BCUT2D eigenvalue weighted by atomic mass is 10.2. The number of esters is 1. The number of halogens is 1. The number of carbonyl (C=O) groups excluding carboxylic acids is 1. The molecule has 0 aliphatic heterocycles. The first kappa shape index (κ1) is 17.4. The monoisotopic (exact) mass is 358 g/mol. The molecule has 2 rings (SSSR count). The molecule has 0 saturated heterocycles. The average molecular weight is 359 g/mol. The number of thiophene rings is 1. The minimum Gasteiger partial charge on any atom is -0.461 e. The molecule has 7 heteroatoms. The normalized spacial score (nSPS) is 10.9. The minimum absolute atomic E-state index is 0.336. The van der Waals surface area contributed by atoms with E-state index in [-0.39, 0.29) is 5.97 Å². The molecule has 0 saturated carbocycles. The molecular weight excluding hydrogens is 340 g/mol. The lowest BCUT2D eigenvalue weighted by Crippen LogP contribution is -2.15. The van der Waals surface area contributed by atoms with Gasteiger partial charge < -0.3 is 10.1 Å². The molecule has 0 fully saturated rings. The molecule has 120 valence electrons. The third-order valence-corrected chi connectivity index (χ3v) is 5.25. The van der Waals surface area contributed by atoms with E-state index in [1.54, 1.807) is 18.3 Å². The summed E-state index contributed by atoms with van der Waals surface area (Å²) in [5.74, 6) is -0.336. The quantitative estimate of drug-likeness (QED) is 0.571. The Morgan fingerprint density at radius 3 is 2.91 bits per heavy atom. The van der Waals surface area contributed by atoms with Crippen LogP contribution in [0.1, 0.15) is 38.6 Å². The van der Waals surface area contributed by atoms with Crippen LogP contribution in [0.4, 0.5) is 0 Å². The van der Waals surface area contributed by atoms with Gasteiger partial charge in [-0.15, -0.1) is 22.7 Å². The lowest BCUT2D eigenvalue weighted by molar-refractivity contribution is 0.0519. The summed E-state index contributed by atoms with van der Waals surface area (Å²) in [5.41, 5.74) is 0.442. The van der Waals surface area contributed by atoms with Gasteiger partial charge in [-0.25, -0.2) is 9.78 Å². The molecule has 0 unspecified atom stereocenters. The molecule has 2 heterocycles. The van der Waals surface area contributed by atoms with Gasteiger partial charge in [0, 0.05) is 16.3 Å². The van der Waals surface area contributed by atoms with E-state index < -0.39 is 0 Å². The zero-order valence-corrected chi connectivity index (χ0v) is 15.0. The van der Waals surface area contributed by atoms with Crippen molar-refractivity contribution < 1.29 is 9.53 Å². The number of aromatic nitrogens is 1. The number of rotatable bonds is 8. The first-order valence-electron chi connectivity index (χ1n) is 7.18. The molecular formula is C15H19ClN2O2S2. The molecule has 0 aliphatic rings. The highest BCUT2D eigenvalue weighted by Crippen LogP contribution is 2.22. The first-order chi connectivity index (χ1) is 10.6. The molecule has 0 bridgehead atoms. The fourth-order valence-electron chi connectivity index (χ4n) is 1.98. The van der Waals surface area contributed by atoms with Crippen LogP contribution in [-0.2, 0) is 17.7 Å². The van der Waals surface area contributed by atoms with Crippen molar-refractivity contribution in [1.82, 2.24) is 10.3 Å². The predicted molar refractivity (Wildman–Crippen MR) is 92.2 cm³/mol. The molecule has 0 spiro atoms. The number of ether oxygens (including phenoxy) is 1. The predicted octanol–water partition coefficient (Wildman–Crippen LogP) is 4.07. The number of hydrogen-bond acceptors (Lipinski definition) is 6. The standard InChI is InChI=1S/C15H19ClN2O2S2/c1-3-20-15(19)14-10(2)21-13(18-14)9-17-8-4-5-11-6-7-12(16)22-11/h6-7,17H,3-5,8-9H2,1-2H3. The lowest BCUT2D eigenvalue weighted by Gasteiger charge is -2.01. The van der Waals surface area contributed by atoms with Gasteiger partial charge in [0.05, 0.1) is 10.9 Å². The van der Waals surface area contributed by atoms with Gasteiger partial charge in [0.15, 0.2) is 5.69 Å². The molecule has 2 aromatic rings. The Kier molecular flexibility index (Phi) is 6.82. The number of thiazole rings is 1. The maximum Gasteiger partial charge on any atom is 0.358 e. The molecule has 1 N–H and O–H groups in total. The number of hydrogen-bond donors (Lipinski definition) is 1. The fraction of sp³-hybridized carbons (Fsp3) is 0.467. The highest BCUT2D eigenvalue weighted by molar-refractivity contribution is 7.16. The third-order valence-electron chi connectivity index (χ3n) is 2.99. The Morgan fingerprint density at radius 2 is 2.23 bits per heavy atom. The molecule has 22 heavy (non-hydrogen) atoms. The van der Waals surface area contributed by atoms with E-state index in [4.69, 9.17) is 16.3 Å². The summed E-state index contributed by atoms with van der Waals surface area (Å²) >= 11 is 9.07. The first-order valence-corrected chi connectivity index (χ1v) is 9.19. The summed E-state index contributed by atoms with van der Waals surface area (Å²) in [6.07, 6.45) is 2.07. The molecule has 4 nitrogen and oxygen atoms in total. The van der Waals surface area contributed by atoms with E-state index >= 15 is 0 Å². The number of aryl methyl sites for hydroxylation is 2. The van der Waals surface area contributed by atoms with Crippen molar-refractivity contribution in [3.63, 3.8) is 0 Å². The number of nitrogens with one attached hydrogen (secondary N) is 1. The summed E-state index contributed by atoms with van der Waals surface area (Å²) in [6.45, 7) is 5.64. The van der Waals surface area contributed by atoms with Crippen LogP contribution in [0.25, 0.3) is 0 Å². The van der Waals surface area contributed by atoms with Crippen molar-refractivity contribution in [3.05, 3.63) is 36.9 Å². The van der Waals surface area contributed by atoms with E-state index in [1.165, 1.54) is 16.2 Å². The molecule has 0 aromatic carbocycles. The van der Waals surface area contributed by atoms with E-state index in [0.717, 1.165) is 33.6 Å². The van der Waals surface area contributed by atoms with Crippen LogP contribution >= 0.6 is 34.3 Å². The van der Waals surface area contributed by atoms with Crippen molar-refractivity contribution in [1.29, 1.82) is 0 Å². The van der Waals surface area contributed by atoms with Crippen LogP contribution in [-0.4, -0.2) is 24.1 Å². The van der Waals surface area contributed by atoms with Gasteiger partial charge >= 0.3 is 5.97 Å². The van der Waals surface area contributed by atoms with Crippen LogP contribution in [0.15, 0.2) is 12.1 Å². The maximum atomic E-state index is 11.7. The minimum atomic E-state index is -0.336. The Hall–Kier alpha value is -0.950. The second-order valence-corrected chi connectivity index (χ2v) is 7.81. The van der Waals surface area contributed by atoms with Crippen LogP contribution in [0.2, 0.25) is 4.34 Å². The summed E-state index contributed by atoms with van der Waals surface area (Å²) in [4.78, 5) is 18.3. The van der Waals surface area contributed by atoms with Crippen LogP contribution in [0, 0.1) is 6.92 Å². The van der Waals surface area contributed by atoms with Crippen LogP contribution in [0.5, 0.6) is 0 Å². The molecule has 0 aliphatic carbocycles. The summed E-state index contributed by atoms with van der Waals surface area (Å²) in [5, 5.41) is 4.27. The summed E-state index contributed by atoms with van der Waals surface area (Å²) in [6, 6.07) is 4.01. The van der Waals surface area contributed by atoms with Gasteiger partial charge in [-0.3, -0.25) is 0 Å². The van der Waals surface area contributed by atoms with E-state index in [2.05, 4.69) is 16.4 Å². The summed E-state index contributed by atoms with van der Waals surface area (Å²) in [7, 11) is 0. The Morgan fingerprint density at radius 1 is 1.41 bits per heavy atom. The highest BCUT2D eigenvalue weighted by atomic mass is 35.5.